The van der Waals surface area contributed by atoms with Crippen molar-refractivity contribution in [2.75, 3.05) is 5.32 Å². The highest BCUT2D eigenvalue weighted by Crippen LogP contribution is 2.27. The minimum atomic E-state index is -4.80. The Hall–Kier alpha value is -4.60. The number of rotatable bonds is 6. The van der Waals surface area contributed by atoms with Crippen LogP contribution < -0.4 is 15.5 Å². The molecule has 0 amide bonds. The Morgan fingerprint density at radius 2 is 1.46 bits per heavy atom. The van der Waals surface area contributed by atoms with Crippen molar-refractivity contribution in [3.63, 3.8) is 0 Å². The monoisotopic (exact) mass is 572 g/mol. The summed E-state index contributed by atoms with van der Waals surface area (Å²) >= 11 is 4.76. The Morgan fingerprint density at radius 3 is 2.05 bits per heavy atom. The Balaban J connectivity index is 1.37. The number of nitrogens with one attached hydrogen (secondary N) is 2. The van der Waals surface area contributed by atoms with Crippen LogP contribution in [0.1, 0.15) is 5.56 Å². The van der Waals surface area contributed by atoms with Crippen molar-refractivity contribution in [2.24, 2.45) is 5.10 Å². The van der Waals surface area contributed by atoms with Crippen molar-refractivity contribution in [3.05, 3.63) is 89.5 Å². The van der Waals surface area contributed by atoms with Crippen LogP contribution in [0.5, 0.6) is 5.75 Å². The molecule has 0 aliphatic carbocycles. The van der Waals surface area contributed by atoms with Crippen LogP contribution >= 0.6 is 12.2 Å². The molecular weight excluding hydrogens is 560 g/mol. The van der Waals surface area contributed by atoms with Gasteiger partial charge < -0.3 is 10.1 Å². The van der Waals surface area contributed by atoms with Crippen molar-refractivity contribution in [3.8, 4) is 22.8 Å². The second-order valence-corrected chi connectivity index (χ2v) is 7.85. The number of halogens is 8. The number of ether oxygens (including phenoxy) is 1. The molecule has 0 atom stereocenters. The molecule has 4 aromatic rings. The second kappa shape index (κ2) is 11.0. The minimum absolute atomic E-state index is 0.306. The van der Waals surface area contributed by atoms with Crippen molar-refractivity contribution < 1.29 is 39.9 Å². The molecule has 39 heavy (non-hydrogen) atoms. The lowest BCUT2D eigenvalue weighted by Crippen LogP contribution is -2.26. The van der Waals surface area contributed by atoms with E-state index in [1.165, 1.54) is 29.4 Å². The lowest BCUT2D eigenvalue weighted by molar-refractivity contribution is -0.274. The molecule has 2 N–H and O–H groups in total. The number of thiocarbonyl (C=S) groups is 1. The third-order valence-corrected chi connectivity index (χ3v) is 5.02. The second-order valence-electron chi connectivity index (χ2n) is 7.45. The van der Waals surface area contributed by atoms with Crippen molar-refractivity contribution in [1.29, 1.82) is 0 Å². The molecule has 0 unspecified atom stereocenters. The van der Waals surface area contributed by atoms with Crippen molar-refractivity contribution in [1.82, 2.24) is 20.2 Å². The van der Waals surface area contributed by atoms with Gasteiger partial charge in [-0.05, 0) is 42.0 Å². The van der Waals surface area contributed by atoms with Gasteiger partial charge >= 0.3 is 6.36 Å². The molecule has 3 aromatic carbocycles. The first kappa shape index (κ1) is 27.4. The molecule has 1 aromatic heterocycles. The predicted molar refractivity (Wildman–Crippen MR) is 127 cm³/mol. The third-order valence-electron chi connectivity index (χ3n) is 4.82. The summed E-state index contributed by atoms with van der Waals surface area (Å²) in [5.41, 5.74) is 2.40. The molecule has 202 valence electrons. The molecule has 0 fully saturated rings. The molecular formula is C23H12F8N6OS. The Labute approximate surface area is 218 Å². The van der Waals surface area contributed by atoms with Crippen LogP contribution in [0.15, 0.2) is 60.0 Å². The maximum absolute atomic E-state index is 13.7. The number of alkyl halides is 3. The van der Waals surface area contributed by atoms with Gasteiger partial charge in [0.05, 0.1) is 11.9 Å². The summed E-state index contributed by atoms with van der Waals surface area (Å²) in [6.07, 6.45) is -2.18. The van der Waals surface area contributed by atoms with Crippen molar-refractivity contribution in [2.45, 2.75) is 6.36 Å². The summed E-state index contributed by atoms with van der Waals surface area (Å²) in [5.74, 6) is -10.8. The number of hydrazone groups is 1. The maximum Gasteiger partial charge on any atom is 0.573 e. The smallest absolute Gasteiger partial charge is 0.406 e. The largest absolute Gasteiger partial charge is 0.573 e. The fraction of sp³-hybridized carbons (Fsp3) is 0.0435. The average molecular weight is 572 g/mol. The van der Waals surface area contributed by atoms with E-state index in [1.54, 1.807) is 24.3 Å². The first-order valence-electron chi connectivity index (χ1n) is 10.4. The van der Waals surface area contributed by atoms with Crippen LogP contribution in [0.25, 0.3) is 17.1 Å². The van der Waals surface area contributed by atoms with Gasteiger partial charge in [-0.2, -0.15) is 5.10 Å². The number of aromatic nitrogens is 3. The Morgan fingerprint density at radius 1 is 0.872 bits per heavy atom. The molecule has 1 heterocycles. The molecule has 0 aliphatic heterocycles. The zero-order valence-electron chi connectivity index (χ0n) is 18.9. The zero-order valence-corrected chi connectivity index (χ0v) is 19.7. The van der Waals surface area contributed by atoms with E-state index >= 15 is 0 Å². The van der Waals surface area contributed by atoms with Crippen LogP contribution in [0.2, 0.25) is 0 Å². The summed E-state index contributed by atoms with van der Waals surface area (Å²) in [6.45, 7) is 0. The molecule has 0 radical (unpaired) electrons. The lowest BCUT2D eigenvalue weighted by atomic mass is 10.1. The quantitative estimate of drug-likeness (QED) is 0.0755. The number of hydrogen-bond donors (Lipinski definition) is 2. The van der Waals surface area contributed by atoms with Gasteiger partial charge in [0.15, 0.2) is 34.2 Å². The summed E-state index contributed by atoms with van der Waals surface area (Å²) in [7, 11) is 0. The third kappa shape index (κ3) is 6.46. The molecule has 0 saturated heterocycles. The van der Waals surface area contributed by atoms with Gasteiger partial charge in [-0.15, -0.1) is 18.3 Å². The first-order chi connectivity index (χ1) is 18.4. The van der Waals surface area contributed by atoms with Crippen molar-refractivity contribution >= 4 is 29.2 Å². The van der Waals surface area contributed by atoms with Gasteiger partial charge in [0.1, 0.15) is 17.8 Å². The first-order valence-corrected chi connectivity index (χ1v) is 10.8. The summed E-state index contributed by atoms with van der Waals surface area (Å²) in [6, 6.07) is 11.5. The molecule has 0 bridgehead atoms. The van der Waals surface area contributed by atoms with E-state index in [9.17, 15) is 35.1 Å². The fourth-order valence-electron chi connectivity index (χ4n) is 3.06. The van der Waals surface area contributed by atoms with E-state index in [-0.39, 0.29) is 5.75 Å². The van der Waals surface area contributed by atoms with E-state index in [1.807, 2.05) is 5.32 Å². The highest BCUT2D eigenvalue weighted by atomic mass is 32.1. The molecule has 16 heteroatoms. The zero-order chi connectivity index (χ0) is 28.3. The normalized spacial score (nSPS) is 11.6. The topological polar surface area (TPSA) is 76.4 Å². The van der Waals surface area contributed by atoms with E-state index < -0.39 is 46.2 Å². The molecule has 0 spiro atoms. The summed E-state index contributed by atoms with van der Waals surface area (Å²) < 4.78 is 109. The lowest BCUT2D eigenvalue weighted by Gasteiger charge is -2.10. The summed E-state index contributed by atoms with van der Waals surface area (Å²) in [4.78, 5) is 4.16. The fourth-order valence-corrected chi connectivity index (χ4v) is 3.21. The Bertz CT molecular complexity index is 1510. The van der Waals surface area contributed by atoms with E-state index in [0.29, 0.717) is 22.6 Å². The standard InChI is InChI=1S/C23H12F8N6OS/c24-15-16(25)18(27)20(19(28)17(15)26)34-22(39)35-33-9-11-1-3-12(4-2-11)21-32-10-37(36-21)13-5-7-14(8-6-13)38-23(29,30)31/h1-10H,(H2,34,35,39)/b33-9+. The summed E-state index contributed by atoms with van der Waals surface area (Å²) in [5, 5.41) is 9.33. The van der Waals surface area contributed by atoms with Crippen LogP contribution in [0.3, 0.4) is 0 Å². The molecule has 0 aliphatic rings. The van der Waals surface area contributed by atoms with Gasteiger partial charge in [-0.3, -0.25) is 5.43 Å². The average Bonchev–Trinajstić information content (AvgIpc) is 3.39. The molecule has 0 saturated carbocycles. The maximum atomic E-state index is 13.7. The van der Waals surface area contributed by atoms with Crippen LogP contribution in [0.4, 0.5) is 40.8 Å². The molecule has 4 rings (SSSR count). The highest BCUT2D eigenvalue weighted by Gasteiger charge is 2.31. The number of hydrogen-bond acceptors (Lipinski definition) is 5. The van der Waals surface area contributed by atoms with E-state index in [4.69, 9.17) is 12.2 Å². The molecule has 7 nitrogen and oxygen atoms in total. The number of nitrogens with zero attached hydrogens (tertiary/aromatic N) is 4. The van der Waals surface area contributed by atoms with Crippen LogP contribution in [0, 0.1) is 29.1 Å². The Kier molecular flexibility index (Phi) is 7.75. The van der Waals surface area contributed by atoms with Gasteiger partial charge in [-0.1, -0.05) is 24.3 Å². The van der Waals surface area contributed by atoms with Gasteiger partial charge in [-0.25, -0.2) is 31.6 Å². The van der Waals surface area contributed by atoms with Gasteiger partial charge in [0, 0.05) is 5.56 Å². The van der Waals surface area contributed by atoms with Gasteiger partial charge in [0.2, 0.25) is 5.82 Å². The van der Waals surface area contributed by atoms with Crippen LogP contribution in [-0.2, 0) is 0 Å². The number of benzene rings is 3. The highest BCUT2D eigenvalue weighted by molar-refractivity contribution is 7.80. The van der Waals surface area contributed by atoms with Gasteiger partial charge in [0.25, 0.3) is 0 Å². The number of anilines is 1. The predicted octanol–water partition coefficient (Wildman–Crippen LogP) is 5.85. The SMILES string of the molecule is Fc1c(F)c(F)c(NC(=S)N/N=C/c2ccc(-c3ncn(-c4ccc(OC(F)(F)F)cc4)n3)cc2)c(F)c1F. The van der Waals surface area contributed by atoms with E-state index in [0.717, 1.165) is 12.1 Å². The van der Waals surface area contributed by atoms with E-state index in [2.05, 4.69) is 25.3 Å². The van der Waals surface area contributed by atoms with Crippen LogP contribution in [-0.4, -0.2) is 32.5 Å². The minimum Gasteiger partial charge on any atom is -0.406 e.